The molecular formula is C27H39O2PV. The van der Waals surface area contributed by atoms with Gasteiger partial charge in [-0.1, -0.05) is 121 Å². The molecular weight excluding hydrogens is 438 g/mol. The Morgan fingerprint density at radius 1 is 0.645 bits per heavy atom. The molecule has 0 bridgehead atoms. The minimum Gasteiger partial charge on any atom is -0.412 e. The van der Waals surface area contributed by atoms with Gasteiger partial charge in [0.2, 0.25) is 0 Å². The predicted octanol–water partition coefficient (Wildman–Crippen LogP) is 8.49. The summed E-state index contributed by atoms with van der Waals surface area (Å²) in [6.07, 6.45) is 0.831. The van der Waals surface area contributed by atoms with Crippen molar-refractivity contribution >= 4 is 8.46 Å². The molecule has 31 heavy (non-hydrogen) atoms. The number of hydrogen-bond donors (Lipinski definition) is 0. The zero-order valence-electron chi connectivity index (χ0n) is 20.1. The molecule has 0 spiro atoms. The van der Waals surface area contributed by atoms with Gasteiger partial charge in [-0.3, -0.25) is 4.57 Å². The molecule has 0 aromatic heterocycles. The quantitative estimate of drug-likeness (QED) is 0.340. The minimum absolute atomic E-state index is 0. The van der Waals surface area contributed by atoms with E-state index in [1.807, 2.05) is 54.5 Å². The summed E-state index contributed by atoms with van der Waals surface area (Å²) in [5.41, 5.74) is 6.24. The first-order valence-electron chi connectivity index (χ1n) is 10.8. The first-order valence-corrected chi connectivity index (χ1v) is 11.7. The number of rotatable bonds is 5. The fraction of sp³-hybridized carbons (Fsp3) is 0.333. The molecule has 0 saturated heterocycles. The van der Waals surface area contributed by atoms with Gasteiger partial charge in [0.15, 0.2) is 8.46 Å². The Morgan fingerprint density at radius 2 is 1.06 bits per heavy atom. The number of benzene rings is 3. The third kappa shape index (κ3) is 12.1. The van der Waals surface area contributed by atoms with E-state index < -0.39 is 0 Å². The van der Waals surface area contributed by atoms with Gasteiger partial charge in [0.25, 0.3) is 0 Å². The van der Waals surface area contributed by atoms with Crippen LogP contribution in [0, 0.1) is 0 Å². The van der Waals surface area contributed by atoms with E-state index in [0.29, 0.717) is 0 Å². The summed E-state index contributed by atoms with van der Waals surface area (Å²) in [6.45, 7) is 14.0. The van der Waals surface area contributed by atoms with E-state index in [1.54, 1.807) is 0 Å². The summed E-state index contributed by atoms with van der Waals surface area (Å²) in [5.74, 6) is 0. The molecule has 0 aliphatic carbocycles. The van der Waals surface area contributed by atoms with Gasteiger partial charge in [0, 0.05) is 24.2 Å². The molecule has 0 fully saturated rings. The topological polar surface area (TPSA) is 48.6 Å². The van der Waals surface area contributed by atoms with E-state index in [-0.39, 0.29) is 38.2 Å². The van der Waals surface area contributed by atoms with E-state index in [4.69, 9.17) is 0 Å². The third-order valence-corrected chi connectivity index (χ3v) is 4.48. The number of hydrogen-bond acceptors (Lipinski definition) is 1. The molecule has 0 aliphatic heterocycles. The average molecular weight is 478 g/mol. The van der Waals surface area contributed by atoms with Crippen LogP contribution >= 0.6 is 8.46 Å². The SMILES string of the molecule is CC.CC.CC.CC(Cc1cccc(-c2cccc(-c3ccccc3)c2)c1)P=O.O.[V]. The van der Waals surface area contributed by atoms with Crippen LogP contribution < -0.4 is 0 Å². The molecule has 169 valence electrons. The van der Waals surface area contributed by atoms with E-state index in [2.05, 4.69) is 72.8 Å². The van der Waals surface area contributed by atoms with E-state index in [0.717, 1.165) is 6.42 Å². The smallest absolute Gasteiger partial charge is 0.158 e. The van der Waals surface area contributed by atoms with Gasteiger partial charge in [-0.25, -0.2) is 0 Å². The maximum atomic E-state index is 11.0. The van der Waals surface area contributed by atoms with Gasteiger partial charge >= 0.3 is 0 Å². The molecule has 4 heteroatoms. The molecule has 0 saturated carbocycles. The first kappa shape index (κ1) is 33.9. The van der Waals surface area contributed by atoms with Crippen molar-refractivity contribution in [2.75, 3.05) is 0 Å². The monoisotopic (exact) mass is 477 g/mol. The van der Waals surface area contributed by atoms with Crippen molar-refractivity contribution in [3.8, 4) is 22.3 Å². The predicted molar refractivity (Wildman–Crippen MR) is 136 cm³/mol. The van der Waals surface area contributed by atoms with Gasteiger partial charge in [-0.15, -0.1) is 0 Å². The van der Waals surface area contributed by atoms with Gasteiger partial charge in [0.05, 0.1) is 0 Å². The van der Waals surface area contributed by atoms with Crippen molar-refractivity contribution in [2.24, 2.45) is 0 Å². The van der Waals surface area contributed by atoms with Gasteiger partial charge in [0.1, 0.15) is 0 Å². The van der Waals surface area contributed by atoms with E-state index in [9.17, 15) is 4.57 Å². The fourth-order valence-corrected chi connectivity index (χ4v) is 3.05. The average Bonchev–Trinajstić information content (AvgIpc) is 2.84. The van der Waals surface area contributed by atoms with Crippen molar-refractivity contribution in [3.63, 3.8) is 0 Å². The Balaban J connectivity index is -0.000000904. The molecule has 1 radical (unpaired) electrons. The van der Waals surface area contributed by atoms with Gasteiger partial charge in [-0.05, 0) is 40.3 Å². The van der Waals surface area contributed by atoms with Crippen LogP contribution in [0.1, 0.15) is 54.0 Å². The first-order chi connectivity index (χ1) is 14.3. The van der Waals surface area contributed by atoms with Crippen LogP contribution in [0.3, 0.4) is 0 Å². The Labute approximate surface area is 203 Å². The summed E-state index contributed by atoms with van der Waals surface area (Å²) in [7, 11) is 0.210. The van der Waals surface area contributed by atoms with Crippen LogP contribution in [0.2, 0.25) is 0 Å². The summed E-state index contributed by atoms with van der Waals surface area (Å²) in [4.78, 5) is 0. The van der Waals surface area contributed by atoms with Crippen LogP contribution in [0.25, 0.3) is 22.3 Å². The second-order valence-corrected chi connectivity index (χ2v) is 6.90. The molecule has 2 N–H and O–H groups in total. The molecule has 2 nitrogen and oxygen atoms in total. The fourth-order valence-electron chi connectivity index (χ4n) is 2.77. The van der Waals surface area contributed by atoms with Crippen LogP contribution in [0.5, 0.6) is 0 Å². The van der Waals surface area contributed by atoms with Crippen molar-refractivity contribution in [2.45, 2.75) is 60.5 Å². The molecule has 1 unspecified atom stereocenters. The van der Waals surface area contributed by atoms with Crippen LogP contribution in [-0.4, -0.2) is 11.1 Å². The van der Waals surface area contributed by atoms with Gasteiger partial charge in [-0.2, -0.15) is 0 Å². The summed E-state index contributed by atoms with van der Waals surface area (Å²) in [5, 5.41) is 0. The Kier molecular flexibility index (Phi) is 23.6. The Bertz CT molecular complexity index is 807. The van der Waals surface area contributed by atoms with Crippen LogP contribution in [0.4, 0.5) is 0 Å². The van der Waals surface area contributed by atoms with Crippen molar-refractivity contribution < 1.29 is 28.6 Å². The molecule has 3 rings (SSSR count). The maximum absolute atomic E-state index is 11.0. The van der Waals surface area contributed by atoms with Crippen molar-refractivity contribution in [1.82, 2.24) is 0 Å². The van der Waals surface area contributed by atoms with Crippen LogP contribution in [-0.2, 0) is 29.5 Å². The summed E-state index contributed by atoms with van der Waals surface area (Å²) in [6, 6.07) is 27.5. The summed E-state index contributed by atoms with van der Waals surface area (Å²) >= 11 is 0. The van der Waals surface area contributed by atoms with Crippen LogP contribution in [0.15, 0.2) is 78.9 Å². The normalized spacial score (nSPS) is 9.65. The molecule has 0 heterocycles. The van der Waals surface area contributed by atoms with Crippen molar-refractivity contribution in [1.29, 1.82) is 0 Å². The zero-order chi connectivity index (χ0) is 22.1. The molecule has 3 aromatic carbocycles. The largest absolute Gasteiger partial charge is 0.412 e. The molecule has 3 aromatic rings. The molecule has 0 aliphatic rings. The maximum Gasteiger partial charge on any atom is 0.158 e. The van der Waals surface area contributed by atoms with E-state index >= 15 is 0 Å². The van der Waals surface area contributed by atoms with Crippen molar-refractivity contribution in [3.05, 3.63) is 84.4 Å². The Morgan fingerprint density at radius 3 is 1.58 bits per heavy atom. The molecule has 0 amide bonds. The zero-order valence-corrected chi connectivity index (χ0v) is 22.4. The Hall–Kier alpha value is -1.70. The third-order valence-electron chi connectivity index (χ3n) is 3.94. The van der Waals surface area contributed by atoms with E-state index in [1.165, 1.54) is 27.8 Å². The molecule has 1 atom stereocenters. The second kappa shape index (κ2) is 21.5. The second-order valence-electron chi connectivity index (χ2n) is 5.81. The standard InChI is InChI=1S/C21H19OP.3C2H6.H2O.V/c1-16(23-22)13-17-7-5-10-19(14-17)21-12-6-11-20(15-21)18-8-3-2-4-9-18;3*1-2;;/h2-12,14-16H,13H2,1H3;3*1-2H3;1H2;. The summed E-state index contributed by atoms with van der Waals surface area (Å²) < 4.78 is 11.0. The van der Waals surface area contributed by atoms with Gasteiger partial charge < -0.3 is 5.48 Å². The minimum atomic E-state index is 0.